The second kappa shape index (κ2) is 9.25. The zero-order valence-electron chi connectivity index (χ0n) is 18.7. The molecule has 0 aromatic heterocycles. The number of hydrogen-bond acceptors (Lipinski definition) is 1. The number of nitrogens with zero attached hydrogens (tertiary/aromatic N) is 1. The van der Waals surface area contributed by atoms with Gasteiger partial charge in [-0.05, 0) is 65.3 Å². The number of aryl methyl sites for hydroxylation is 1. The molecule has 0 saturated heterocycles. The fourth-order valence-electron chi connectivity index (χ4n) is 4.91. The van der Waals surface area contributed by atoms with Gasteiger partial charge in [-0.2, -0.15) is 0 Å². The van der Waals surface area contributed by atoms with Crippen LogP contribution in [0.1, 0.15) is 32.6 Å². The average molecular weight is 452 g/mol. The molecular weight excluding hydrogens is 426 g/mol. The lowest BCUT2D eigenvalue weighted by atomic mass is 9.94. The van der Waals surface area contributed by atoms with Crippen molar-refractivity contribution in [3.63, 3.8) is 0 Å². The monoisotopic (exact) mass is 451 g/mol. The molecular formula is C30H26ClNO. The SMILES string of the molecule is Cc1cccc(-c2ccccc2)c1C(=O)N(Cc1cccc(Cl)c1)C1Cc2ccccc2C1. The Bertz CT molecular complexity index is 1270. The predicted octanol–water partition coefficient (Wildman–Crippen LogP) is 7.13. The number of carbonyl (C=O) groups is 1. The van der Waals surface area contributed by atoms with Crippen LogP contribution in [0.2, 0.25) is 5.02 Å². The quantitative estimate of drug-likeness (QED) is 0.316. The Morgan fingerprint density at radius 3 is 2.21 bits per heavy atom. The molecule has 4 aromatic carbocycles. The van der Waals surface area contributed by atoms with Gasteiger partial charge in [-0.25, -0.2) is 0 Å². The van der Waals surface area contributed by atoms with Crippen molar-refractivity contribution in [3.05, 3.63) is 130 Å². The molecule has 0 aliphatic heterocycles. The highest BCUT2D eigenvalue weighted by Gasteiger charge is 2.32. The van der Waals surface area contributed by atoms with Crippen LogP contribution >= 0.6 is 11.6 Å². The third kappa shape index (κ3) is 4.44. The van der Waals surface area contributed by atoms with Crippen molar-refractivity contribution in [1.82, 2.24) is 4.90 Å². The molecule has 0 fully saturated rings. The number of halogens is 1. The first kappa shape index (κ1) is 21.5. The fraction of sp³-hybridized carbons (Fsp3) is 0.167. The van der Waals surface area contributed by atoms with Crippen molar-refractivity contribution in [2.75, 3.05) is 0 Å². The first-order valence-electron chi connectivity index (χ1n) is 11.4. The molecule has 164 valence electrons. The first-order valence-corrected chi connectivity index (χ1v) is 11.7. The third-order valence-corrected chi connectivity index (χ3v) is 6.78. The van der Waals surface area contributed by atoms with Gasteiger partial charge in [0, 0.05) is 17.6 Å². The highest BCUT2D eigenvalue weighted by atomic mass is 35.5. The van der Waals surface area contributed by atoms with Crippen LogP contribution in [0.3, 0.4) is 0 Å². The van der Waals surface area contributed by atoms with E-state index in [1.165, 1.54) is 11.1 Å². The molecule has 0 heterocycles. The molecule has 0 spiro atoms. The third-order valence-electron chi connectivity index (χ3n) is 6.54. The van der Waals surface area contributed by atoms with Crippen LogP contribution in [-0.2, 0) is 19.4 Å². The molecule has 0 N–H and O–H groups in total. The van der Waals surface area contributed by atoms with Crippen LogP contribution < -0.4 is 0 Å². The molecule has 5 rings (SSSR count). The summed E-state index contributed by atoms with van der Waals surface area (Å²) in [7, 11) is 0. The summed E-state index contributed by atoms with van der Waals surface area (Å²) in [6.45, 7) is 2.56. The zero-order chi connectivity index (χ0) is 22.8. The number of fused-ring (bicyclic) bond motifs is 1. The lowest BCUT2D eigenvalue weighted by Gasteiger charge is -2.31. The summed E-state index contributed by atoms with van der Waals surface area (Å²) in [6, 6.07) is 32.7. The second-order valence-corrected chi connectivity index (χ2v) is 9.19. The molecule has 1 aliphatic carbocycles. The molecule has 33 heavy (non-hydrogen) atoms. The van der Waals surface area contributed by atoms with Gasteiger partial charge in [-0.1, -0.05) is 96.5 Å². The normalized spacial score (nSPS) is 13.0. The van der Waals surface area contributed by atoms with E-state index in [1.807, 2.05) is 61.5 Å². The Morgan fingerprint density at radius 2 is 1.52 bits per heavy atom. The van der Waals surface area contributed by atoms with Gasteiger partial charge >= 0.3 is 0 Å². The summed E-state index contributed by atoms with van der Waals surface area (Å²) in [4.78, 5) is 16.3. The van der Waals surface area contributed by atoms with Crippen molar-refractivity contribution in [1.29, 1.82) is 0 Å². The fourth-order valence-corrected chi connectivity index (χ4v) is 5.12. The van der Waals surface area contributed by atoms with E-state index in [-0.39, 0.29) is 11.9 Å². The van der Waals surface area contributed by atoms with Crippen molar-refractivity contribution in [3.8, 4) is 11.1 Å². The van der Waals surface area contributed by atoms with E-state index in [1.54, 1.807) is 0 Å². The van der Waals surface area contributed by atoms with Gasteiger partial charge in [0.25, 0.3) is 5.91 Å². The Kier molecular flexibility index (Phi) is 6.02. The van der Waals surface area contributed by atoms with Crippen LogP contribution in [-0.4, -0.2) is 16.8 Å². The maximum absolute atomic E-state index is 14.3. The molecule has 0 bridgehead atoms. The van der Waals surface area contributed by atoms with Crippen LogP contribution in [0, 0.1) is 6.92 Å². The maximum atomic E-state index is 14.3. The molecule has 0 atom stereocenters. The Hall–Kier alpha value is -3.36. The van der Waals surface area contributed by atoms with Gasteiger partial charge in [0.1, 0.15) is 0 Å². The van der Waals surface area contributed by atoms with Crippen LogP contribution in [0.5, 0.6) is 0 Å². The summed E-state index contributed by atoms with van der Waals surface area (Å²) in [5, 5.41) is 0.690. The van der Waals surface area contributed by atoms with Gasteiger partial charge in [0.2, 0.25) is 0 Å². The van der Waals surface area contributed by atoms with Crippen molar-refractivity contribution < 1.29 is 4.79 Å². The van der Waals surface area contributed by atoms with E-state index in [9.17, 15) is 4.79 Å². The number of benzene rings is 4. The molecule has 0 radical (unpaired) electrons. The van der Waals surface area contributed by atoms with Crippen LogP contribution in [0.15, 0.2) is 97.1 Å². The van der Waals surface area contributed by atoms with Crippen LogP contribution in [0.4, 0.5) is 0 Å². The highest BCUT2D eigenvalue weighted by molar-refractivity contribution is 6.30. The van der Waals surface area contributed by atoms with Gasteiger partial charge < -0.3 is 4.90 Å². The molecule has 1 amide bonds. The lowest BCUT2D eigenvalue weighted by molar-refractivity contribution is 0.0668. The minimum absolute atomic E-state index is 0.0738. The van der Waals surface area contributed by atoms with Gasteiger partial charge in [-0.3, -0.25) is 4.79 Å². The highest BCUT2D eigenvalue weighted by Crippen LogP contribution is 2.32. The van der Waals surface area contributed by atoms with E-state index >= 15 is 0 Å². The average Bonchev–Trinajstić information content (AvgIpc) is 3.26. The van der Waals surface area contributed by atoms with Crippen LogP contribution in [0.25, 0.3) is 11.1 Å². The zero-order valence-corrected chi connectivity index (χ0v) is 19.4. The Labute approximate surface area is 200 Å². The standard InChI is InChI=1S/C30H26ClNO/c1-21-9-7-16-28(23-11-3-2-4-12-23)29(21)30(33)32(20-22-10-8-15-26(31)17-22)27-18-24-13-5-6-14-25(24)19-27/h2-17,27H,18-20H2,1H3. The summed E-state index contributed by atoms with van der Waals surface area (Å²) < 4.78 is 0. The summed E-state index contributed by atoms with van der Waals surface area (Å²) >= 11 is 6.28. The van der Waals surface area contributed by atoms with E-state index in [4.69, 9.17) is 11.6 Å². The number of hydrogen-bond donors (Lipinski definition) is 0. The predicted molar refractivity (Wildman–Crippen MR) is 136 cm³/mol. The molecule has 0 saturated carbocycles. The summed E-state index contributed by atoms with van der Waals surface area (Å²) in [6.07, 6.45) is 1.74. The van der Waals surface area contributed by atoms with Crippen molar-refractivity contribution in [2.24, 2.45) is 0 Å². The summed E-state index contributed by atoms with van der Waals surface area (Å²) in [5.41, 5.74) is 7.52. The lowest BCUT2D eigenvalue weighted by Crippen LogP contribution is -2.41. The maximum Gasteiger partial charge on any atom is 0.255 e. The van der Waals surface area contributed by atoms with Gasteiger partial charge in [0.05, 0.1) is 5.56 Å². The van der Waals surface area contributed by atoms with Crippen molar-refractivity contribution in [2.45, 2.75) is 32.4 Å². The largest absolute Gasteiger partial charge is 0.331 e. The number of rotatable bonds is 5. The first-order chi connectivity index (χ1) is 16.1. The molecule has 1 aliphatic rings. The number of carbonyl (C=O) groups excluding carboxylic acids is 1. The summed E-state index contributed by atoms with van der Waals surface area (Å²) in [5.74, 6) is 0.0738. The topological polar surface area (TPSA) is 20.3 Å². The van der Waals surface area contributed by atoms with E-state index < -0.39 is 0 Å². The minimum Gasteiger partial charge on any atom is -0.331 e. The number of amides is 1. The molecule has 3 heteroatoms. The van der Waals surface area contributed by atoms with Crippen molar-refractivity contribution >= 4 is 17.5 Å². The Balaban J connectivity index is 1.57. The molecule has 2 nitrogen and oxygen atoms in total. The van der Waals surface area contributed by atoms with Gasteiger partial charge in [-0.15, -0.1) is 0 Å². The van der Waals surface area contributed by atoms with E-state index in [0.29, 0.717) is 11.6 Å². The van der Waals surface area contributed by atoms with E-state index in [2.05, 4.69) is 47.4 Å². The minimum atomic E-state index is 0.0738. The van der Waals surface area contributed by atoms with Gasteiger partial charge in [0.15, 0.2) is 0 Å². The second-order valence-electron chi connectivity index (χ2n) is 8.76. The smallest absolute Gasteiger partial charge is 0.255 e. The molecule has 0 unspecified atom stereocenters. The molecule has 4 aromatic rings. The Morgan fingerprint density at radius 1 is 0.848 bits per heavy atom. The van der Waals surface area contributed by atoms with E-state index in [0.717, 1.165) is 40.7 Å².